The van der Waals surface area contributed by atoms with E-state index in [2.05, 4.69) is 95.7 Å². The van der Waals surface area contributed by atoms with Gasteiger partial charge in [-0.25, -0.2) is 0 Å². The molecule has 0 bridgehead atoms. The Morgan fingerprint density at radius 2 is 1.22 bits per heavy atom. The van der Waals surface area contributed by atoms with Gasteiger partial charge in [0.1, 0.15) is 0 Å². The van der Waals surface area contributed by atoms with Gasteiger partial charge in [-0.05, 0) is 35.7 Å². The van der Waals surface area contributed by atoms with Crippen LogP contribution in [0.3, 0.4) is 0 Å². The largest absolute Gasteiger partial charge is 0.368 e. The molecule has 1 saturated heterocycles. The van der Waals surface area contributed by atoms with Crippen LogP contribution in [0, 0.1) is 0 Å². The average Bonchev–Trinajstić information content (AvgIpc) is 2.76. The molecule has 0 aliphatic carbocycles. The van der Waals surface area contributed by atoms with Crippen LogP contribution in [-0.2, 0) is 0 Å². The van der Waals surface area contributed by atoms with Crippen LogP contribution in [-0.4, -0.2) is 36.9 Å². The quantitative estimate of drug-likeness (QED) is 0.620. The van der Waals surface area contributed by atoms with Crippen molar-refractivity contribution < 1.29 is 0 Å². The summed E-state index contributed by atoms with van der Waals surface area (Å²) in [5.41, 5.74) is 6.04. The maximum absolute atomic E-state index is 4.86. The van der Waals surface area contributed by atoms with Crippen molar-refractivity contribution in [3.63, 3.8) is 0 Å². The Hall–Kier alpha value is -3.07. The van der Waals surface area contributed by atoms with Gasteiger partial charge < -0.3 is 4.90 Å². The molecule has 0 radical (unpaired) electrons. The van der Waals surface area contributed by atoms with Gasteiger partial charge in [0, 0.05) is 18.8 Å². The van der Waals surface area contributed by atoms with Crippen molar-refractivity contribution in [2.75, 3.05) is 31.1 Å². The van der Waals surface area contributed by atoms with Crippen LogP contribution in [0.15, 0.2) is 90.0 Å². The van der Waals surface area contributed by atoms with Crippen molar-refractivity contribution in [3.8, 4) is 11.1 Å². The summed E-state index contributed by atoms with van der Waals surface area (Å²) in [5.74, 6) is 0. The molecule has 1 aliphatic rings. The second-order valence-corrected chi connectivity index (χ2v) is 6.91. The van der Waals surface area contributed by atoms with E-state index in [1.54, 1.807) is 0 Å². The molecule has 0 spiro atoms. The third-order valence-corrected chi connectivity index (χ3v) is 5.08. The highest BCUT2D eigenvalue weighted by Crippen LogP contribution is 2.20. The highest BCUT2D eigenvalue weighted by Gasteiger charge is 2.16. The number of benzene rings is 3. The van der Waals surface area contributed by atoms with E-state index in [0.29, 0.717) is 0 Å². The predicted molar refractivity (Wildman–Crippen MR) is 114 cm³/mol. The Bertz CT molecular complexity index is 878. The van der Waals surface area contributed by atoms with E-state index >= 15 is 0 Å². The molecule has 0 atom stereocenters. The van der Waals surface area contributed by atoms with E-state index in [-0.39, 0.29) is 0 Å². The normalized spacial score (nSPS) is 15.1. The maximum Gasteiger partial charge on any atom is 0.0646 e. The number of hydrogen-bond acceptors (Lipinski definition) is 3. The molecule has 0 aromatic heterocycles. The molecule has 0 unspecified atom stereocenters. The van der Waals surface area contributed by atoms with E-state index in [0.717, 1.165) is 31.9 Å². The number of anilines is 1. The first kappa shape index (κ1) is 17.3. The Morgan fingerprint density at radius 1 is 0.667 bits per heavy atom. The lowest BCUT2D eigenvalue weighted by molar-refractivity contribution is 0.270. The van der Waals surface area contributed by atoms with Crippen LogP contribution in [0.4, 0.5) is 5.69 Å². The first-order valence-corrected chi connectivity index (χ1v) is 9.55. The average molecular weight is 355 g/mol. The lowest BCUT2D eigenvalue weighted by Gasteiger charge is -2.34. The Kier molecular flexibility index (Phi) is 5.20. The predicted octanol–water partition coefficient (Wildman–Crippen LogP) is 4.90. The van der Waals surface area contributed by atoms with Gasteiger partial charge in [-0.1, -0.05) is 72.8 Å². The monoisotopic (exact) mass is 355 g/mol. The smallest absolute Gasteiger partial charge is 0.0646 e. The highest BCUT2D eigenvalue weighted by atomic mass is 15.5. The Labute approximate surface area is 161 Å². The van der Waals surface area contributed by atoms with E-state index in [9.17, 15) is 0 Å². The SMILES string of the molecule is C/C(=N\N1CCN(c2ccccc2)CC1)c1ccc(-c2ccccc2)cc1. The van der Waals surface area contributed by atoms with Crippen LogP contribution in [0.1, 0.15) is 12.5 Å². The molecule has 4 rings (SSSR count). The van der Waals surface area contributed by atoms with Crippen molar-refractivity contribution >= 4 is 11.4 Å². The third kappa shape index (κ3) is 4.20. The molecule has 0 amide bonds. The van der Waals surface area contributed by atoms with E-state index in [4.69, 9.17) is 5.10 Å². The lowest BCUT2D eigenvalue weighted by atomic mass is 10.0. The minimum atomic E-state index is 0.953. The number of hydrogen-bond donors (Lipinski definition) is 0. The molecular formula is C24H25N3. The fourth-order valence-corrected chi connectivity index (χ4v) is 3.50. The molecule has 0 N–H and O–H groups in total. The second-order valence-electron chi connectivity index (χ2n) is 6.91. The first-order valence-electron chi connectivity index (χ1n) is 9.55. The van der Waals surface area contributed by atoms with Gasteiger partial charge in [0.05, 0.1) is 18.8 Å². The van der Waals surface area contributed by atoms with Gasteiger partial charge in [0.2, 0.25) is 0 Å². The van der Waals surface area contributed by atoms with Crippen molar-refractivity contribution in [2.24, 2.45) is 5.10 Å². The third-order valence-electron chi connectivity index (χ3n) is 5.08. The minimum absolute atomic E-state index is 0.953. The van der Waals surface area contributed by atoms with Gasteiger partial charge in [-0.15, -0.1) is 0 Å². The first-order chi connectivity index (χ1) is 13.3. The van der Waals surface area contributed by atoms with Crippen molar-refractivity contribution in [2.45, 2.75) is 6.92 Å². The van der Waals surface area contributed by atoms with E-state index in [1.807, 2.05) is 6.07 Å². The summed E-state index contributed by atoms with van der Waals surface area (Å²) in [6.45, 7) is 6.02. The van der Waals surface area contributed by atoms with Gasteiger partial charge in [-0.3, -0.25) is 5.01 Å². The van der Waals surface area contributed by atoms with Gasteiger partial charge in [0.25, 0.3) is 0 Å². The van der Waals surface area contributed by atoms with E-state index in [1.165, 1.54) is 22.4 Å². The molecule has 3 nitrogen and oxygen atoms in total. The fraction of sp³-hybridized carbons (Fsp3) is 0.208. The van der Waals surface area contributed by atoms with Crippen LogP contribution in [0.2, 0.25) is 0 Å². The molecule has 3 heteroatoms. The molecule has 27 heavy (non-hydrogen) atoms. The summed E-state index contributed by atoms with van der Waals surface area (Å²) in [5, 5.41) is 7.05. The van der Waals surface area contributed by atoms with Gasteiger partial charge in [0.15, 0.2) is 0 Å². The molecule has 0 saturated carbocycles. The fourth-order valence-electron chi connectivity index (χ4n) is 3.50. The molecule has 1 fully saturated rings. The second kappa shape index (κ2) is 8.09. The zero-order valence-electron chi connectivity index (χ0n) is 15.8. The number of nitrogens with zero attached hydrogens (tertiary/aromatic N) is 3. The standard InChI is InChI=1S/C24H25N3/c1-20(21-12-14-23(15-13-21)22-8-4-2-5-9-22)25-27-18-16-26(17-19-27)24-10-6-3-7-11-24/h2-15H,16-19H2,1H3/b25-20+. The molecule has 1 heterocycles. The van der Waals surface area contributed by atoms with Gasteiger partial charge in [-0.2, -0.15) is 5.10 Å². The lowest BCUT2D eigenvalue weighted by Crippen LogP contribution is -2.44. The van der Waals surface area contributed by atoms with Crippen molar-refractivity contribution in [1.29, 1.82) is 0 Å². The number of piperazine rings is 1. The Balaban J connectivity index is 1.40. The number of rotatable bonds is 4. The summed E-state index contributed by atoms with van der Waals surface area (Å²) in [7, 11) is 0. The van der Waals surface area contributed by atoms with Crippen molar-refractivity contribution in [3.05, 3.63) is 90.5 Å². The zero-order valence-corrected chi connectivity index (χ0v) is 15.8. The topological polar surface area (TPSA) is 18.8 Å². The molecule has 136 valence electrons. The van der Waals surface area contributed by atoms with E-state index < -0.39 is 0 Å². The van der Waals surface area contributed by atoms with Crippen LogP contribution in [0.5, 0.6) is 0 Å². The van der Waals surface area contributed by atoms with Crippen LogP contribution < -0.4 is 4.90 Å². The number of para-hydroxylation sites is 1. The van der Waals surface area contributed by atoms with Crippen LogP contribution in [0.25, 0.3) is 11.1 Å². The molecular weight excluding hydrogens is 330 g/mol. The molecule has 1 aliphatic heterocycles. The maximum atomic E-state index is 4.86. The molecule has 3 aromatic rings. The summed E-state index contributed by atoms with van der Waals surface area (Å²) >= 11 is 0. The molecule has 3 aromatic carbocycles. The summed E-state index contributed by atoms with van der Waals surface area (Å²) in [6.07, 6.45) is 0. The zero-order chi connectivity index (χ0) is 18.5. The van der Waals surface area contributed by atoms with Crippen LogP contribution >= 0.6 is 0 Å². The highest BCUT2D eigenvalue weighted by molar-refractivity contribution is 5.98. The summed E-state index contributed by atoms with van der Waals surface area (Å²) in [6, 6.07) is 29.8. The summed E-state index contributed by atoms with van der Waals surface area (Å²) in [4.78, 5) is 2.43. The van der Waals surface area contributed by atoms with Crippen molar-refractivity contribution in [1.82, 2.24) is 5.01 Å². The van der Waals surface area contributed by atoms with Gasteiger partial charge >= 0.3 is 0 Å². The minimum Gasteiger partial charge on any atom is -0.368 e. The Morgan fingerprint density at radius 3 is 1.85 bits per heavy atom. The summed E-state index contributed by atoms with van der Waals surface area (Å²) < 4.78 is 0. The number of hydrazone groups is 1.